The summed E-state index contributed by atoms with van der Waals surface area (Å²) < 4.78 is 29.8. The Labute approximate surface area is 253 Å². The van der Waals surface area contributed by atoms with Gasteiger partial charge in [0, 0.05) is 6.92 Å². The number of fused-ring (bicyclic) bond motifs is 1. The summed E-state index contributed by atoms with van der Waals surface area (Å²) >= 11 is 1.20. The lowest BCUT2D eigenvalue weighted by Crippen LogP contribution is -2.40. The molecule has 1 aromatic heterocycles. The van der Waals surface area contributed by atoms with Gasteiger partial charge in [0.1, 0.15) is 6.61 Å². The molecule has 0 bridgehead atoms. The first-order chi connectivity index (χ1) is 20.7. The van der Waals surface area contributed by atoms with E-state index in [0.29, 0.717) is 56.6 Å². The Morgan fingerprint density at radius 1 is 0.977 bits per heavy atom. The largest absolute Gasteiger partial charge is 0.490 e. The smallest absolute Gasteiger partial charge is 0.338 e. The molecule has 1 atom stereocenters. The zero-order valence-corrected chi connectivity index (χ0v) is 25.6. The van der Waals surface area contributed by atoms with Gasteiger partial charge in [0.15, 0.2) is 27.8 Å². The summed E-state index contributed by atoms with van der Waals surface area (Å²) in [7, 11) is 0. The Morgan fingerprint density at radius 3 is 2.33 bits per heavy atom. The lowest BCUT2D eigenvalue weighted by molar-refractivity contribution is -0.139. The summed E-state index contributed by atoms with van der Waals surface area (Å²) in [5, 5.41) is 0. The molecule has 0 fully saturated rings. The first kappa shape index (κ1) is 31.3. The quantitative estimate of drug-likeness (QED) is 0.172. The average molecular weight is 607 g/mol. The van der Waals surface area contributed by atoms with Crippen LogP contribution in [0, 0.1) is 0 Å². The van der Waals surface area contributed by atoms with Crippen molar-refractivity contribution in [3.8, 4) is 23.0 Å². The highest BCUT2D eigenvalue weighted by Crippen LogP contribution is 2.36. The maximum Gasteiger partial charge on any atom is 0.338 e. The predicted molar refractivity (Wildman–Crippen MR) is 163 cm³/mol. The minimum absolute atomic E-state index is 0.163. The van der Waals surface area contributed by atoms with Crippen LogP contribution in [-0.2, 0) is 14.3 Å². The molecule has 2 heterocycles. The number of allylic oxidation sites excluding steroid dienone is 1. The fourth-order valence-corrected chi connectivity index (χ4v) is 5.66. The predicted octanol–water partition coefficient (Wildman–Crippen LogP) is 4.09. The van der Waals surface area contributed by atoms with Crippen LogP contribution in [-0.4, -0.2) is 42.9 Å². The summed E-state index contributed by atoms with van der Waals surface area (Å²) in [5.74, 6) is 0.614. The molecule has 43 heavy (non-hydrogen) atoms. The number of hydrogen-bond donors (Lipinski definition) is 0. The third-order valence-electron chi connectivity index (χ3n) is 6.28. The summed E-state index contributed by atoms with van der Waals surface area (Å²) in [6.07, 6.45) is 3.34. The van der Waals surface area contributed by atoms with E-state index in [1.165, 1.54) is 22.8 Å². The molecule has 10 nitrogen and oxygen atoms in total. The van der Waals surface area contributed by atoms with Crippen LogP contribution in [0.1, 0.15) is 51.8 Å². The molecule has 0 saturated carbocycles. The van der Waals surface area contributed by atoms with Crippen LogP contribution in [0.2, 0.25) is 0 Å². The van der Waals surface area contributed by atoms with E-state index >= 15 is 0 Å². The first-order valence-corrected chi connectivity index (χ1v) is 14.7. The van der Waals surface area contributed by atoms with Crippen LogP contribution in [0.25, 0.3) is 6.08 Å². The van der Waals surface area contributed by atoms with Crippen molar-refractivity contribution in [2.75, 3.05) is 26.4 Å². The van der Waals surface area contributed by atoms with Gasteiger partial charge in [-0.25, -0.2) is 9.79 Å². The molecule has 0 amide bonds. The third-order valence-corrected chi connectivity index (χ3v) is 7.26. The fourth-order valence-electron chi connectivity index (χ4n) is 4.61. The molecule has 0 spiro atoms. The molecule has 226 valence electrons. The average Bonchev–Trinajstić information content (AvgIpc) is 3.27. The molecule has 1 aliphatic heterocycles. The lowest BCUT2D eigenvalue weighted by Gasteiger charge is -2.25. The number of hydrogen-bond acceptors (Lipinski definition) is 10. The van der Waals surface area contributed by atoms with E-state index in [-0.39, 0.29) is 30.1 Å². The molecule has 3 aromatic rings. The zero-order chi connectivity index (χ0) is 31.1. The molecule has 1 unspecified atom stereocenters. The van der Waals surface area contributed by atoms with Crippen LogP contribution >= 0.6 is 11.3 Å². The van der Waals surface area contributed by atoms with Crippen LogP contribution in [0.3, 0.4) is 0 Å². The van der Waals surface area contributed by atoms with Crippen molar-refractivity contribution in [3.63, 3.8) is 0 Å². The van der Waals surface area contributed by atoms with E-state index in [1.807, 2.05) is 13.8 Å². The maximum atomic E-state index is 14.0. The van der Waals surface area contributed by atoms with Gasteiger partial charge in [-0.1, -0.05) is 36.1 Å². The molecule has 0 saturated heterocycles. The van der Waals surface area contributed by atoms with Crippen molar-refractivity contribution in [3.05, 3.63) is 91.1 Å². The van der Waals surface area contributed by atoms with Crippen LogP contribution in [0.15, 0.2) is 70.1 Å². The van der Waals surface area contributed by atoms with Gasteiger partial charge in [0.05, 0.1) is 41.7 Å². The number of carbonyl (C=O) groups is 2. The minimum Gasteiger partial charge on any atom is -0.490 e. The van der Waals surface area contributed by atoms with Crippen molar-refractivity contribution in [1.29, 1.82) is 0 Å². The number of ether oxygens (including phenoxy) is 5. The Morgan fingerprint density at radius 2 is 1.67 bits per heavy atom. The highest BCUT2D eigenvalue weighted by atomic mass is 32.1. The van der Waals surface area contributed by atoms with Gasteiger partial charge in [0.2, 0.25) is 0 Å². The second kappa shape index (κ2) is 14.0. The zero-order valence-electron chi connectivity index (χ0n) is 24.8. The van der Waals surface area contributed by atoms with Crippen molar-refractivity contribution in [1.82, 2.24) is 4.57 Å². The highest BCUT2D eigenvalue weighted by Gasteiger charge is 2.34. The minimum atomic E-state index is -0.824. The molecule has 1 aliphatic rings. The number of rotatable bonds is 12. The van der Waals surface area contributed by atoms with Crippen LogP contribution in [0.5, 0.6) is 23.0 Å². The third kappa shape index (κ3) is 6.89. The van der Waals surface area contributed by atoms with Crippen molar-refractivity contribution in [2.24, 2.45) is 4.99 Å². The molecule has 4 rings (SSSR count). The van der Waals surface area contributed by atoms with E-state index in [1.54, 1.807) is 62.4 Å². The Hall–Kier alpha value is -4.64. The monoisotopic (exact) mass is 606 g/mol. The topological polar surface area (TPSA) is 115 Å². The fraction of sp³-hybridized carbons (Fsp3) is 0.312. The number of nitrogens with zero attached hydrogens (tertiary/aromatic N) is 2. The van der Waals surface area contributed by atoms with Gasteiger partial charge in [0.25, 0.3) is 5.56 Å². The Balaban J connectivity index is 1.90. The lowest BCUT2D eigenvalue weighted by atomic mass is 9.95. The van der Waals surface area contributed by atoms with Gasteiger partial charge in [-0.05, 0) is 69.2 Å². The van der Waals surface area contributed by atoms with E-state index in [2.05, 4.69) is 11.6 Å². The van der Waals surface area contributed by atoms with Gasteiger partial charge in [-0.2, -0.15) is 0 Å². The molecule has 0 N–H and O–H groups in total. The van der Waals surface area contributed by atoms with E-state index in [0.717, 1.165) is 0 Å². The summed E-state index contributed by atoms with van der Waals surface area (Å²) in [5.41, 5.74) is 1.65. The maximum absolute atomic E-state index is 14.0. The second-order valence-corrected chi connectivity index (χ2v) is 10.3. The molecule has 11 heteroatoms. The number of esters is 2. The van der Waals surface area contributed by atoms with Gasteiger partial charge in [-0.15, -0.1) is 0 Å². The van der Waals surface area contributed by atoms with E-state index < -0.39 is 18.0 Å². The number of aromatic nitrogens is 1. The number of benzene rings is 2. The summed E-state index contributed by atoms with van der Waals surface area (Å²) in [6, 6.07) is 9.53. The van der Waals surface area contributed by atoms with Gasteiger partial charge < -0.3 is 23.7 Å². The molecule has 0 aliphatic carbocycles. The standard InChI is InChI=1S/C32H34N2O8S/c1-7-15-41-23-14-12-22(18-26(23)39-9-3)29-28(31(37)40-10-4)19(5)33-32-34(29)30(36)27(43-32)17-21-11-13-24(42-20(6)35)25(16-21)38-8-2/h7,11-14,16-18,29H,1,8-10,15H2,2-6H3/b27-17-. The van der Waals surface area contributed by atoms with Crippen molar-refractivity contribution >= 4 is 29.4 Å². The highest BCUT2D eigenvalue weighted by molar-refractivity contribution is 7.07. The molecular formula is C32H34N2O8S. The summed E-state index contributed by atoms with van der Waals surface area (Å²) in [6.45, 7) is 13.3. The summed E-state index contributed by atoms with van der Waals surface area (Å²) in [4.78, 5) is 43.9. The number of carbonyl (C=O) groups excluding carboxylic acids is 2. The number of thiazole rings is 1. The van der Waals surface area contributed by atoms with Crippen molar-refractivity contribution < 1.29 is 33.3 Å². The van der Waals surface area contributed by atoms with Gasteiger partial charge in [-0.3, -0.25) is 14.2 Å². The first-order valence-electron chi connectivity index (χ1n) is 13.9. The Kier molecular flexibility index (Phi) is 10.2. The molecular weight excluding hydrogens is 572 g/mol. The SMILES string of the molecule is C=CCOc1ccc(C2C(C(=O)OCC)=C(C)N=c3s/c(=C\c4ccc(OC(C)=O)c(OCC)c4)c(=O)n32)cc1OCC. The van der Waals surface area contributed by atoms with Crippen LogP contribution < -0.4 is 33.8 Å². The van der Waals surface area contributed by atoms with Crippen molar-refractivity contribution in [2.45, 2.75) is 40.7 Å². The normalized spacial score (nSPS) is 14.4. The van der Waals surface area contributed by atoms with Gasteiger partial charge >= 0.3 is 11.9 Å². The van der Waals surface area contributed by atoms with E-state index in [9.17, 15) is 14.4 Å². The second-order valence-electron chi connectivity index (χ2n) is 9.27. The molecule has 2 aromatic carbocycles. The molecule has 0 radical (unpaired) electrons. The van der Waals surface area contributed by atoms with E-state index in [4.69, 9.17) is 23.7 Å². The van der Waals surface area contributed by atoms with Crippen LogP contribution in [0.4, 0.5) is 0 Å². The Bertz CT molecular complexity index is 1750.